The van der Waals surface area contributed by atoms with Crippen LogP contribution in [0.1, 0.15) is 30.7 Å². The highest BCUT2D eigenvalue weighted by Gasteiger charge is 2.01. The minimum atomic E-state index is 0.307. The van der Waals surface area contributed by atoms with Gasteiger partial charge in [0.05, 0.1) is 0 Å². The molecule has 0 fully saturated rings. The standard InChI is InChI=1S/C12H11ClN2.C2H6/c1-9-4-2-3-5-10(9)8-11-6-7-14-12(13)15-11;1-2/h2-7H,8H2,1H3;1-2H3. The number of rotatable bonds is 2. The zero-order valence-electron chi connectivity index (χ0n) is 10.4. The Hall–Kier alpha value is -1.41. The monoisotopic (exact) mass is 248 g/mol. The zero-order chi connectivity index (χ0) is 12.7. The third kappa shape index (κ3) is 4.16. The van der Waals surface area contributed by atoms with Crippen LogP contribution < -0.4 is 0 Å². The van der Waals surface area contributed by atoms with E-state index < -0.39 is 0 Å². The minimum absolute atomic E-state index is 0.307. The van der Waals surface area contributed by atoms with Gasteiger partial charge < -0.3 is 0 Å². The lowest BCUT2D eigenvalue weighted by molar-refractivity contribution is 1.02. The molecule has 90 valence electrons. The van der Waals surface area contributed by atoms with Gasteiger partial charge in [-0.05, 0) is 35.7 Å². The summed E-state index contributed by atoms with van der Waals surface area (Å²) in [5.41, 5.74) is 3.49. The predicted molar refractivity (Wildman–Crippen MR) is 72.4 cm³/mol. The highest BCUT2D eigenvalue weighted by Crippen LogP contribution is 2.12. The van der Waals surface area contributed by atoms with Crippen LogP contribution in [-0.4, -0.2) is 9.97 Å². The van der Waals surface area contributed by atoms with Crippen LogP contribution in [0.5, 0.6) is 0 Å². The summed E-state index contributed by atoms with van der Waals surface area (Å²) in [5.74, 6) is 0. The number of nitrogens with zero attached hydrogens (tertiary/aromatic N) is 2. The maximum atomic E-state index is 5.73. The van der Waals surface area contributed by atoms with Gasteiger partial charge in [0, 0.05) is 18.3 Å². The van der Waals surface area contributed by atoms with Crippen molar-refractivity contribution >= 4 is 11.6 Å². The van der Waals surface area contributed by atoms with Crippen LogP contribution in [0.3, 0.4) is 0 Å². The zero-order valence-corrected chi connectivity index (χ0v) is 11.2. The highest BCUT2D eigenvalue weighted by atomic mass is 35.5. The van der Waals surface area contributed by atoms with Crippen molar-refractivity contribution in [2.45, 2.75) is 27.2 Å². The van der Waals surface area contributed by atoms with Crippen molar-refractivity contribution in [3.05, 3.63) is 58.6 Å². The van der Waals surface area contributed by atoms with E-state index in [1.165, 1.54) is 11.1 Å². The second-order valence-electron chi connectivity index (χ2n) is 3.42. The van der Waals surface area contributed by atoms with E-state index in [-0.39, 0.29) is 0 Å². The van der Waals surface area contributed by atoms with Crippen LogP contribution in [0.2, 0.25) is 5.28 Å². The molecule has 3 heteroatoms. The first-order valence-electron chi connectivity index (χ1n) is 5.77. The number of benzene rings is 1. The van der Waals surface area contributed by atoms with Crippen LogP contribution in [0.25, 0.3) is 0 Å². The highest BCUT2D eigenvalue weighted by molar-refractivity contribution is 6.28. The van der Waals surface area contributed by atoms with Crippen molar-refractivity contribution < 1.29 is 0 Å². The minimum Gasteiger partial charge on any atom is -0.227 e. The molecule has 2 aromatic rings. The Morgan fingerprint density at radius 1 is 1.12 bits per heavy atom. The maximum absolute atomic E-state index is 5.73. The molecule has 0 aliphatic rings. The van der Waals surface area contributed by atoms with Crippen LogP contribution in [0.4, 0.5) is 0 Å². The Morgan fingerprint density at radius 2 is 1.82 bits per heavy atom. The molecule has 17 heavy (non-hydrogen) atoms. The molecule has 0 unspecified atom stereocenters. The van der Waals surface area contributed by atoms with Gasteiger partial charge in [0.15, 0.2) is 0 Å². The summed E-state index contributed by atoms with van der Waals surface area (Å²) in [6.07, 6.45) is 2.48. The summed E-state index contributed by atoms with van der Waals surface area (Å²) in [6, 6.07) is 10.2. The van der Waals surface area contributed by atoms with E-state index in [0.717, 1.165) is 12.1 Å². The van der Waals surface area contributed by atoms with Gasteiger partial charge in [0.25, 0.3) is 0 Å². The molecule has 1 heterocycles. The molecule has 0 amide bonds. The first-order chi connectivity index (χ1) is 8.25. The fraction of sp³-hybridized carbons (Fsp3) is 0.286. The van der Waals surface area contributed by atoms with E-state index in [1.54, 1.807) is 6.20 Å². The quantitative estimate of drug-likeness (QED) is 0.750. The van der Waals surface area contributed by atoms with Gasteiger partial charge in [0.1, 0.15) is 0 Å². The summed E-state index contributed by atoms with van der Waals surface area (Å²) >= 11 is 5.73. The van der Waals surface area contributed by atoms with Crippen LogP contribution >= 0.6 is 11.6 Å². The Balaban J connectivity index is 0.000000686. The topological polar surface area (TPSA) is 25.8 Å². The summed E-state index contributed by atoms with van der Waals surface area (Å²) in [7, 11) is 0. The molecule has 0 bridgehead atoms. The molecule has 2 rings (SSSR count). The number of aromatic nitrogens is 2. The molecule has 0 atom stereocenters. The van der Waals surface area contributed by atoms with E-state index in [1.807, 2.05) is 32.0 Å². The average Bonchev–Trinajstić information content (AvgIpc) is 2.35. The van der Waals surface area contributed by atoms with E-state index in [0.29, 0.717) is 5.28 Å². The summed E-state index contributed by atoms with van der Waals surface area (Å²) in [6.45, 7) is 6.10. The second kappa shape index (κ2) is 7.02. The lowest BCUT2D eigenvalue weighted by Gasteiger charge is -2.04. The largest absolute Gasteiger partial charge is 0.227 e. The number of aryl methyl sites for hydroxylation is 1. The van der Waals surface area contributed by atoms with Crippen molar-refractivity contribution in [2.75, 3.05) is 0 Å². The molecule has 1 aromatic carbocycles. The van der Waals surface area contributed by atoms with Crippen LogP contribution in [-0.2, 0) is 6.42 Å². The van der Waals surface area contributed by atoms with Crippen LogP contribution in [0.15, 0.2) is 36.5 Å². The first-order valence-corrected chi connectivity index (χ1v) is 6.15. The molecule has 1 aromatic heterocycles. The third-order valence-corrected chi connectivity index (χ3v) is 2.50. The predicted octanol–water partition coefficient (Wildman–Crippen LogP) is 4.06. The Bertz CT molecular complexity index is 469. The van der Waals surface area contributed by atoms with Crippen molar-refractivity contribution in [2.24, 2.45) is 0 Å². The first kappa shape index (κ1) is 13.7. The Kier molecular flexibility index (Phi) is 5.64. The van der Waals surface area contributed by atoms with Gasteiger partial charge >= 0.3 is 0 Å². The fourth-order valence-electron chi connectivity index (χ4n) is 1.47. The maximum Gasteiger partial charge on any atom is 0.222 e. The summed E-state index contributed by atoms with van der Waals surface area (Å²) in [5, 5.41) is 0.307. The smallest absolute Gasteiger partial charge is 0.222 e. The van der Waals surface area contributed by atoms with Gasteiger partial charge in [-0.15, -0.1) is 0 Å². The van der Waals surface area contributed by atoms with Crippen molar-refractivity contribution in [3.63, 3.8) is 0 Å². The molecule has 2 nitrogen and oxygen atoms in total. The molecule has 0 spiro atoms. The van der Waals surface area contributed by atoms with E-state index in [4.69, 9.17) is 11.6 Å². The second-order valence-corrected chi connectivity index (χ2v) is 3.76. The molecule has 0 N–H and O–H groups in total. The third-order valence-electron chi connectivity index (χ3n) is 2.32. The Labute approximate surface area is 108 Å². The van der Waals surface area contributed by atoms with Crippen molar-refractivity contribution in [1.29, 1.82) is 0 Å². The Morgan fingerprint density at radius 3 is 2.47 bits per heavy atom. The molecular formula is C14H17ClN2. The van der Waals surface area contributed by atoms with E-state index >= 15 is 0 Å². The lowest BCUT2D eigenvalue weighted by Crippen LogP contribution is -1.95. The van der Waals surface area contributed by atoms with Crippen molar-refractivity contribution in [3.8, 4) is 0 Å². The van der Waals surface area contributed by atoms with Gasteiger partial charge in [0.2, 0.25) is 5.28 Å². The van der Waals surface area contributed by atoms with Gasteiger partial charge in [-0.1, -0.05) is 38.1 Å². The van der Waals surface area contributed by atoms with Gasteiger partial charge in [-0.25, -0.2) is 9.97 Å². The van der Waals surface area contributed by atoms with E-state index in [9.17, 15) is 0 Å². The molecular weight excluding hydrogens is 232 g/mol. The molecule has 0 aliphatic heterocycles. The van der Waals surface area contributed by atoms with Gasteiger partial charge in [-0.2, -0.15) is 0 Å². The molecule has 0 saturated heterocycles. The van der Waals surface area contributed by atoms with E-state index in [2.05, 4.69) is 29.0 Å². The SMILES string of the molecule is CC.Cc1ccccc1Cc1ccnc(Cl)n1. The number of hydrogen-bond acceptors (Lipinski definition) is 2. The summed E-state index contributed by atoms with van der Waals surface area (Å²) < 4.78 is 0. The lowest BCUT2D eigenvalue weighted by atomic mass is 10.0. The van der Waals surface area contributed by atoms with Crippen LogP contribution in [0, 0.1) is 6.92 Å². The molecule has 0 radical (unpaired) electrons. The number of halogens is 1. The molecule has 0 saturated carbocycles. The van der Waals surface area contributed by atoms with Crippen molar-refractivity contribution in [1.82, 2.24) is 9.97 Å². The fourth-order valence-corrected chi connectivity index (χ4v) is 1.64. The number of hydrogen-bond donors (Lipinski definition) is 0. The van der Waals surface area contributed by atoms with Gasteiger partial charge in [-0.3, -0.25) is 0 Å². The molecule has 0 aliphatic carbocycles. The average molecular weight is 249 g/mol. The summed E-state index contributed by atoms with van der Waals surface area (Å²) in [4.78, 5) is 8.02. The normalized spacial score (nSPS) is 9.41.